The second-order valence-electron chi connectivity index (χ2n) is 6.35. The minimum absolute atomic E-state index is 0.155. The highest BCUT2D eigenvalue weighted by Crippen LogP contribution is 2.20. The number of hydrogen-bond donors (Lipinski definition) is 1. The van der Waals surface area contributed by atoms with Crippen LogP contribution in [0.15, 0.2) is 36.5 Å². The molecule has 6 nitrogen and oxygen atoms in total. The van der Waals surface area contributed by atoms with Crippen molar-refractivity contribution in [3.05, 3.63) is 42.1 Å². The maximum absolute atomic E-state index is 12.6. The number of anilines is 1. The van der Waals surface area contributed by atoms with E-state index in [1.807, 2.05) is 22.9 Å². The Morgan fingerprint density at radius 1 is 1.48 bits per heavy atom. The topological polar surface area (TPSA) is 65.4 Å². The Hall–Kier alpha value is -2.34. The highest BCUT2D eigenvalue weighted by atomic mass is 16.5. The van der Waals surface area contributed by atoms with E-state index in [1.54, 1.807) is 18.3 Å². The van der Waals surface area contributed by atoms with Crippen LogP contribution in [0.3, 0.4) is 0 Å². The maximum atomic E-state index is 12.6. The Morgan fingerprint density at radius 3 is 3.12 bits per heavy atom. The molecule has 1 aliphatic rings. The van der Waals surface area contributed by atoms with Gasteiger partial charge in [0.2, 0.25) is 0 Å². The fourth-order valence-corrected chi connectivity index (χ4v) is 2.82. The van der Waals surface area contributed by atoms with Gasteiger partial charge in [-0.3, -0.25) is 4.79 Å². The Kier molecular flexibility index (Phi) is 5.71. The fourth-order valence-electron chi connectivity index (χ4n) is 2.82. The van der Waals surface area contributed by atoms with Gasteiger partial charge in [-0.05, 0) is 44.4 Å². The quantitative estimate of drug-likeness (QED) is 0.833. The summed E-state index contributed by atoms with van der Waals surface area (Å²) in [5.74, 6) is 1.20. The molecular weight excluding hydrogens is 318 g/mol. The third-order valence-electron chi connectivity index (χ3n) is 4.48. The van der Waals surface area contributed by atoms with Crippen molar-refractivity contribution in [2.24, 2.45) is 0 Å². The Bertz CT molecular complexity index is 707. The molecule has 0 aliphatic carbocycles. The molecule has 0 bridgehead atoms. The largest absolute Gasteiger partial charge is 0.491 e. The third kappa shape index (κ3) is 4.39. The minimum Gasteiger partial charge on any atom is -0.491 e. The molecular formula is C19H25N3O3. The zero-order chi connectivity index (χ0) is 17.6. The lowest BCUT2D eigenvalue weighted by Gasteiger charge is -2.15. The molecule has 1 amide bonds. The molecule has 1 aromatic carbocycles. The molecule has 0 spiro atoms. The number of nitrogens with one attached hydrogen (secondary N) is 1. The van der Waals surface area contributed by atoms with Crippen molar-refractivity contribution in [1.29, 1.82) is 0 Å². The van der Waals surface area contributed by atoms with Gasteiger partial charge in [-0.2, -0.15) is 5.10 Å². The lowest BCUT2D eigenvalue weighted by molar-refractivity contribution is 0.0679. The first-order valence-corrected chi connectivity index (χ1v) is 8.86. The number of carbonyl (C=O) groups excluding carboxylic acids is 1. The summed E-state index contributed by atoms with van der Waals surface area (Å²) in [4.78, 5) is 12.6. The summed E-state index contributed by atoms with van der Waals surface area (Å²) in [7, 11) is 0. The van der Waals surface area contributed by atoms with E-state index in [2.05, 4.69) is 24.3 Å². The van der Waals surface area contributed by atoms with Crippen LogP contribution < -0.4 is 10.1 Å². The molecule has 2 atom stereocenters. The smallest absolute Gasteiger partial charge is 0.256 e. The molecule has 3 rings (SSSR count). The van der Waals surface area contributed by atoms with Crippen LogP contribution in [-0.2, 0) is 4.74 Å². The summed E-state index contributed by atoms with van der Waals surface area (Å²) in [5, 5.41) is 7.22. The van der Waals surface area contributed by atoms with E-state index < -0.39 is 0 Å². The molecule has 6 heteroatoms. The van der Waals surface area contributed by atoms with Gasteiger partial charge in [-0.15, -0.1) is 0 Å². The van der Waals surface area contributed by atoms with Crippen LogP contribution in [0.2, 0.25) is 0 Å². The predicted octanol–water partition coefficient (Wildman–Crippen LogP) is 3.66. The Labute approximate surface area is 148 Å². The van der Waals surface area contributed by atoms with E-state index in [1.165, 1.54) is 0 Å². The van der Waals surface area contributed by atoms with Gasteiger partial charge >= 0.3 is 0 Å². The first kappa shape index (κ1) is 17.5. The van der Waals surface area contributed by atoms with Crippen molar-refractivity contribution in [2.75, 3.05) is 18.5 Å². The number of amides is 1. The van der Waals surface area contributed by atoms with Crippen LogP contribution in [-0.4, -0.2) is 35.0 Å². The Balaban J connectivity index is 1.64. The van der Waals surface area contributed by atoms with Crippen LogP contribution in [0.4, 0.5) is 5.82 Å². The summed E-state index contributed by atoms with van der Waals surface area (Å²) in [5.41, 5.74) is 0.557. The van der Waals surface area contributed by atoms with Crippen molar-refractivity contribution in [2.45, 2.75) is 45.3 Å². The van der Waals surface area contributed by atoms with E-state index in [0.29, 0.717) is 23.7 Å². The summed E-state index contributed by atoms with van der Waals surface area (Å²) < 4.78 is 13.2. The van der Waals surface area contributed by atoms with Gasteiger partial charge in [0.1, 0.15) is 18.2 Å². The van der Waals surface area contributed by atoms with Crippen LogP contribution in [0.25, 0.3) is 0 Å². The van der Waals surface area contributed by atoms with Crippen molar-refractivity contribution in [1.82, 2.24) is 9.78 Å². The molecule has 0 saturated carbocycles. The van der Waals surface area contributed by atoms with E-state index in [9.17, 15) is 4.79 Å². The number of hydrogen-bond acceptors (Lipinski definition) is 4. The second-order valence-corrected chi connectivity index (χ2v) is 6.35. The molecule has 1 N–H and O–H groups in total. The third-order valence-corrected chi connectivity index (χ3v) is 4.48. The van der Waals surface area contributed by atoms with Gasteiger partial charge in [0, 0.05) is 18.2 Å². The summed E-state index contributed by atoms with van der Waals surface area (Å²) in [6.45, 7) is 5.49. The zero-order valence-corrected chi connectivity index (χ0v) is 14.8. The number of nitrogens with zero attached hydrogens (tertiary/aromatic N) is 2. The molecule has 2 heterocycles. The van der Waals surface area contributed by atoms with Crippen molar-refractivity contribution in [3.63, 3.8) is 0 Å². The lowest BCUT2D eigenvalue weighted by atomic mass is 10.2. The Morgan fingerprint density at radius 2 is 2.36 bits per heavy atom. The van der Waals surface area contributed by atoms with E-state index >= 15 is 0 Å². The second kappa shape index (κ2) is 8.16. The standard InChI is InChI=1S/C19H25N3O3/c1-3-14(2)22-18(9-10-20-22)21-19(23)15-6-4-7-16(12-15)25-13-17-8-5-11-24-17/h4,6-7,9-10,12,14,17H,3,5,8,11,13H2,1-2H3,(H,21,23). The van der Waals surface area contributed by atoms with Gasteiger partial charge in [0.25, 0.3) is 5.91 Å². The number of benzene rings is 1. The number of carbonyl (C=O) groups is 1. The van der Waals surface area contributed by atoms with Gasteiger partial charge in [-0.1, -0.05) is 13.0 Å². The number of aromatic nitrogens is 2. The first-order valence-electron chi connectivity index (χ1n) is 8.86. The van der Waals surface area contributed by atoms with E-state index in [0.717, 1.165) is 25.9 Å². The number of ether oxygens (including phenoxy) is 2. The zero-order valence-electron chi connectivity index (χ0n) is 14.8. The van der Waals surface area contributed by atoms with Gasteiger partial charge in [-0.25, -0.2) is 4.68 Å². The van der Waals surface area contributed by atoms with Crippen molar-refractivity contribution >= 4 is 11.7 Å². The molecule has 134 valence electrons. The average molecular weight is 343 g/mol. The monoisotopic (exact) mass is 343 g/mol. The minimum atomic E-state index is -0.174. The molecule has 2 unspecified atom stereocenters. The fraction of sp³-hybridized carbons (Fsp3) is 0.474. The molecule has 25 heavy (non-hydrogen) atoms. The predicted molar refractivity (Wildman–Crippen MR) is 96.1 cm³/mol. The molecule has 1 fully saturated rings. The van der Waals surface area contributed by atoms with Crippen LogP contribution >= 0.6 is 0 Å². The first-order chi connectivity index (χ1) is 12.2. The van der Waals surface area contributed by atoms with Crippen LogP contribution in [0.1, 0.15) is 49.5 Å². The molecule has 0 radical (unpaired) electrons. The highest BCUT2D eigenvalue weighted by molar-refractivity contribution is 6.04. The van der Waals surface area contributed by atoms with E-state index in [4.69, 9.17) is 9.47 Å². The lowest BCUT2D eigenvalue weighted by Crippen LogP contribution is -2.18. The van der Waals surface area contributed by atoms with Crippen LogP contribution in [0, 0.1) is 0 Å². The maximum Gasteiger partial charge on any atom is 0.256 e. The van der Waals surface area contributed by atoms with Crippen molar-refractivity contribution in [3.8, 4) is 5.75 Å². The molecule has 1 saturated heterocycles. The van der Waals surface area contributed by atoms with E-state index in [-0.39, 0.29) is 18.1 Å². The SMILES string of the molecule is CCC(C)n1nccc1NC(=O)c1cccc(OCC2CCCO2)c1. The molecule has 1 aliphatic heterocycles. The average Bonchev–Trinajstić information content (AvgIpc) is 3.31. The molecule has 2 aromatic rings. The van der Waals surface area contributed by atoms with Crippen LogP contribution in [0.5, 0.6) is 5.75 Å². The summed E-state index contributed by atoms with van der Waals surface area (Å²) in [6.07, 6.45) is 4.91. The molecule has 1 aromatic heterocycles. The van der Waals surface area contributed by atoms with Crippen molar-refractivity contribution < 1.29 is 14.3 Å². The highest BCUT2D eigenvalue weighted by Gasteiger charge is 2.17. The van der Waals surface area contributed by atoms with Gasteiger partial charge in [0.05, 0.1) is 18.3 Å². The van der Waals surface area contributed by atoms with Gasteiger partial charge < -0.3 is 14.8 Å². The normalized spacial score (nSPS) is 18.1. The summed E-state index contributed by atoms with van der Waals surface area (Å²) in [6, 6.07) is 9.25. The number of rotatable bonds is 7. The van der Waals surface area contributed by atoms with Gasteiger partial charge in [0.15, 0.2) is 0 Å². The summed E-state index contributed by atoms with van der Waals surface area (Å²) >= 11 is 0.